The average molecular weight is 207 g/mol. The van der Waals surface area contributed by atoms with Crippen molar-refractivity contribution in [2.75, 3.05) is 20.1 Å². The van der Waals surface area contributed by atoms with Crippen molar-refractivity contribution in [3.63, 3.8) is 0 Å². The maximum Gasteiger partial charge on any atom is 0.279 e. The molecule has 5 nitrogen and oxygen atoms in total. The summed E-state index contributed by atoms with van der Waals surface area (Å²) in [6.45, 7) is 3.00. The van der Waals surface area contributed by atoms with Crippen LogP contribution < -0.4 is 10.5 Å². The van der Waals surface area contributed by atoms with E-state index < -0.39 is 10.2 Å². The molecule has 6 heteroatoms. The van der Waals surface area contributed by atoms with Crippen LogP contribution in [0.5, 0.6) is 0 Å². The maximum absolute atomic E-state index is 11.5. The molecule has 0 radical (unpaired) electrons. The van der Waals surface area contributed by atoms with Crippen LogP contribution in [0.1, 0.15) is 13.3 Å². The lowest BCUT2D eigenvalue weighted by Gasteiger charge is -2.24. The minimum absolute atomic E-state index is 0.0440. The van der Waals surface area contributed by atoms with Crippen LogP contribution in [0.25, 0.3) is 0 Å². The van der Waals surface area contributed by atoms with Crippen molar-refractivity contribution >= 4 is 10.2 Å². The molecule has 2 unspecified atom stereocenters. The molecule has 78 valence electrons. The zero-order valence-corrected chi connectivity index (χ0v) is 8.84. The Balaban J connectivity index is 2.82. The monoisotopic (exact) mass is 207 g/mol. The van der Waals surface area contributed by atoms with Gasteiger partial charge in [0.2, 0.25) is 0 Å². The Morgan fingerprint density at radius 1 is 1.62 bits per heavy atom. The standard InChI is InChI=1S/C7H17N3O2S/c1-6-3-4-10(7(6)5-8)13(11,12)9-2/h6-7,9H,3-5,8H2,1-2H3. The molecule has 0 aromatic heterocycles. The molecule has 0 aromatic carbocycles. The molecule has 1 rings (SSSR count). The van der Waals surface area contributed by atoms with Gasteiger partial charge in [0.25, 0.3) is 10.2 Å². The molecule has 0 bridgehead atoms. The van der Waals surface area contributed by atoms with Crippen LogP contribution in [-0.2, 0) is 10.2 Å². The molecule has 3 N–H and O–H groups in total. The lowest BCUT2D eigenvalue weighted by Crippen LogP contribution is -2.46. The number of hydrogen-bond donors (Lipinski definition) is 2. The lowest BCUT2D eigenvalue weighted by atomic mass is 10.0. The molecule has 0 saturated carbocycles. The topological polar surface area (TPSA) is 75.4 Å². The lowest BCUT2D eigenvalue weighted by molar-refractivity contribution is 0.351. The van der Waals surface area contributed by atoms with Gasteiger partial charge in [-0.1, -0.05) is 6.92 Å². The van der Waals surface area contributed by atoms with E-state index in [1.54, 1.807) is 0 Å². The van der Waals surface area contributed by atoms with E-state index in [1.165, 1.54) is 11.4 Å². The molecule has 13 heavy (non-hydrogen) atoms. The molecule has 0 aromatic rings. The predicted molar refractivity (Wildman–Crippen MR) is 51.3 cm³/mol. The molecule has 1 aliphatic heterocycles. The third kappa shape index (κ3) is 2.01. The normalized spacial score (nSPS) is 31.0. The van der Waals surface area contributed by atoms with Crippen molar-refractivity contribution in [2.45, 2.75) is 19.4 Å². The molecule has 0 amide bonds. The Labute approximate surface area is 79.5 Å². The van der Waals surface area contributed by atoms with Crippen LogP contribution in [0.2, 0.25) is 0 Å². The highest BCUT2D eigenvalue weighted by Gasteiger charge is 2.36. The van der Waals surface area contributed by atoms with Crippen LogP contribution in [0.4, 0.5) is 0 Å². The fourth-order valence-electron chi connectivity index (χ4n) is 1.74. The van der Waals surface area contributed by atoms with Gasteiger partial charge >= 0.3 is 0 Å². The van der Waals surface area contributed by atoms with Gasteiger partial charge in [-0.25, -0.2) is 4.72 Å². The van der Waals surface area contributed by atoms with E-state index in [2.05, 4.69) is 4.72 Å². The summed E-state index contributed by atoms with van der Waals surface area (Å²) in [5.74, 6) is 0.355. The summed E-state index contributed by atoms with van der Waals surface area (Å²) >= 11 is 0. The largest absolute Gasteiger partial charge is 0.329 e. The second-order valence-corrected chi connectivity index (χ2v) is 5.22. The van der Waals surface area contributed by atoms with Crippen molar-refractivity contribution in [3.05, 3.63) is 0 Å². The van der Waals surface area contributed by atoms with Crippen molar-refractivity contribution < 1.29 is 8.42 Å². The van der Waals surface area contributed by atoms with Gasteiger partial charge in [0, 0.05) is 26.2 Å². The maximum atomic E-state index is 11.5. The molecule has 1 aliphatic rings. The first-order chi connectivity index (χ1) is 6.03. The van der Waals surface area contributed by atoms with Crippen molar-refractivity contribution in [2.24, 2.45) is 11.7 Å². The van der Waals surface area contributed by atoms with Crippen LogP contribution >= 0.6 is 0 Å². The Morgan fingerprint density at radius 3 is 2.69 bits per heavy atom. The summed E-state index contributed by atoms with van der Waals surface area (Å²) in [4.78, 5) is 0. The Kier molecular flexibility index (Phi) is 3.28. The number of nitrogens with zero attached hydrogens (tertiary/aromatic N) is 1. The quantitative estimate of drug-likeness (QED) is 0.631. The molecule has 0 spiro atoms. The van der Waals surface area contributed by atoms with E-state index in [0.717, 1.165) is 6.42 Å². The molecule has 1 heterocycles. The summed E-state index contributed by atoms with van der Waals surface area (Å²) in [6, 6.07) is -0.0440. The van der Waals surface area contributed by atoms with Gasteiger partial charge in [0.1, 0.15) is 0 Å². The van der Waals surface area contributed by atoms with Gasteiger partial charge in [-0.3, -0.25) is 0 Å². The van der Waals surface area contributed by atoms with Gasteiger partial charge in [-0.15, -0.1) is 0 Å². The van der Waals surface area contributed by atoms with Gasteiger partial charge in [-0.05, 0) is 12.3 Å². The fraction of sp³-hybridized carbons (Fsp3) is 1.00. The van der Waals surface area contributed by atoms with E-state index in [-0.39, 0.29) is 6.04 Å². The minimum Gasteiger partial charge on any atom is -0.329 e. The minimum atomic E-state index is -3.29. The first-order valence-electron chi connectivity index (χ1n) is 4.43. The van der Waals surface area contributed by atoms with Crippen molar-refractivity contribution in [3.8, 4) is 0 Å². The molecule has 1 saturated heterocycles. The molecule has 2 atom stereocenters. The first-order valence-corrected chi connectivity index (χ1v) is 5.87. The van der Waals surface area contributed by atoms with Crippen LogP contribution in [-0.4, -0.2) is 38.9 Å². The Hall–Kier alpha value is -0.170. The van der Waals surface area contributed by atoms with Crippen LogP contribution in [0.3, 0.4) is 0 Å². The highest BCUT2D eigenvalue weighted by Crippen LogP contribution is 2.24. The Morgan fingerprint density at radius 2 is 2.23 bits per heavy atom. The van der Waals surface area contributed by atoms with Gasteiger partial charge in [-0.2, -0.15) is 12.7 Å². The van der Waals surface area contributed by atoms with E-state index in [1.807, 2.05) is 6.92 Å². The third-order valence-corrected chi connectivity index (χ3v) is 4.23. The Bertz CT molecular complexity index is 265. The number of nitrogens with one attached hydrogen (secondary N) is 1. The summed E-state index contributed by atoms with van der Waals surface area (Å²) < 4.78 is 26.7. The van der Waals surface area contributed by atoms with Gasteiger partial charge < -0.3 is 5.73 Å². The first kappa shape index (κ1) is 10.9. The van der Waals surface area contributed by atoms with Gasteiger partial charge in [0.15, 0.2) is 0 Å². The number of rotatable bonds is 3. The number of nitrogens with two attached hydrogens (primary N) is 1. The van der Waals surface area contributed by atoms with Gasteiger partial charge in [0.05, 0.1) is 0 Å². The summed E-state index contributed by atoms with van der Waals surface area (Å²) in [5.41, 5.74) is 5.53. The van der Waals surface area contributed by atoms with Crippen LogP contribution in [0.15, 0.2) is 0 Å². The smallest absolute Gasteiger partial charge is 0.279 e. The zero-order valence-electron chi connectivity index (χ0n) is 8.03. The fourth-order valence-corrected chi connectivity index (χ4v) is 2.97. The molecular formula is C7H17N3O2S. The summed E-state index contributed by atoms with van der Waals surface area (Å²) in [5, 5.41) is 0. The molecule has 0 aliphatic carbocycles. The van der Waals surface area contributed by atoms with Crippen LogP contribution in [0, 0.1) is 5.92 Å². The van der Waals surface area contributed by atoms with E-state index in [9.17, 15) is 8.42 Å². The SMILES string of the molecule is CNS(=O)(=O)N1CCC(C)C1CN. The molecule has 1 fully saturated rings. The van der Waals surface area contributed by atoms with E-state index in [0.29, 0.717) is 19.0 Å². The second-order valence-electron chi connectivity index (χ2n) is 3.39. The summed E-state index contributed by atoms with van der Waals surface area (Å²) in [7, 11) is -1.87. The highest BCUT2D eigenvalue weighted by atomic mass is 32.2. The van der Waals surface area contributed by atoms with E-state index in [4.69, 9.17) is 5.73 Å². The summed E-state index contributed by atoms with van der Waals surface area (Å²) in [6.07, 6.45) is 0.892. The average Bonchev–Trinajstić information content (AvgIpc) is 2.47. The third-order valence-electron chi connectivity index (χ3n) is 2.64. The molecular weight excluding hydrogens is 190 g/mol. The predicted octanol–water partition coefficient (Wildman–Crippen LogP) is -0.880. The number of hydrogen-bond acceptors (Lipinski definition) is 3. The van der Waals surface area contributed by atoms with Crippen molar-refractivity contribution in [1.29, 1.82) is 0 Å². The van der Waals surface area contributed by atoms with E-state index >= 15 is 0 Å². The highest BCUT2D eigenvalue weighted by molar-refractivity contribution is 7.87. The zero-order chi connectivity index (χ0) is 10.1. The van der Waals surface area contributed by atoms with Crippen molar-refractivity contribution in [1.82, 2.24) is 9.03 Å². The second kappa shape index (κ2) is 3.91.